The molecule has 2 unspecified atom stereocenters. The molecule has 0 radical (unpaired) electrons. The van der Waals surface area contributed by atoms with Crippen molar-refractivity contribution in [3.63, 3.8) is 0 Å². The van der Waals surface area contributed by atoms with Gasteiger partial charge in [-0.05, 0) is 109 Å². The summed E-state index contributed by atoms with van der Waals surface area (Å²) in [6.45, 7) is 14.1. The summed E-state index contributed by atoms with van der Waals surface area (Å²) in [6, 6.07) is 13.3. The highest BCUT2D eigenvalue weighted by molar-refractivity contribution is 6.47. The quantitative estimate of drug-likeness (QED) is 0.248. The lowest BCUT2D eigenvalue weighted by Gasteiger charge is -2.44. The smallest absolute Gasteiger partial charge is 0.251 e. The zero-order chi connectivity index (χ0) is 34.0. The van der Waals surface area contributed by atoms with Crippen LogP contribution in [0.5, 0.6) is 0 Å². The first kappa shape index (κ1) is 35.3. The van der Waals surface area contributed by atoms with E-state index in [2.05, 4.69) is 74.2 Å². The lowest BCUT2D eigenvalue weighted by atomic mass is 9.64. The number of halogens is 2. The highest BCUT2D eigenvalue weighted by Gasteiger charge is 2.45. The summed E-state index contributed by atoms with van der Waals surface area (Å²) in [4.78, 5) is 36.7. The molecule has 2 atom stereocenters. The number of H-pyrrole nitrogens is 1. The van der Waals surface area contributed by atoms with Crippen LogP contribution in [0.1, 0.15) is 126 Å². The Hall–Kier alpha value is -3.03. The van der Waals surface area contributed by atoms with Crippen LogP contribution in [0.3, 0.4) is 0 Å². The molecule has 1 saturated carbocycles. The Bertz CT molecular complexity index is 1560. The number of hydrogen-bond donors (Lipinski definition) is 2. The summed E-state index contributed by atoms with van der Waals surface area (Å²) >= 11 is 12.9. The van der Waals surface area contributed by atoms with Gasteiger partial charge in [-0.1, -0.05) is 76.9 Å². The second-order valence-electron chi connectivity index (χ2n) is 16.0. The molecule has 1 fully saturated rings. The van der Waals surface area contributed by atoms with Crippen molar-refractivity contribution < 1.29 is 9.59 Å². The predicted octanol–water partition coefficient (Wildman–Crippen LogP) is 9.39. The van der Waals surface area contributed by atoms with Crippen LogP contribution in [0.4, 0.5) is 0 Å². The largest absolute Gasteiger partial charge is 0.345 e. The third-order valence-corrected chi connectivity index (χ3v) is 10.7. The Morgan fingerprint density at radius 1 is 1.02 bits per heavy atom. The number of rotatable bonds is 8. The molecule has 2 N–H and O–H groups in total. The third-order valence-electron chi connectivity index (χ3n) is 10.2. The molecule has 2 aromatic carbocycles. The van der Waals surface area contributed by atoms with E-state index in [-0.39, 0.29) is 46.4 Å². The molecule has 3 aromatic rings. The number of carbonyl (C=O) groups is 2. The maximum Gasteiger partial charge on any atom is 0.251 e. The molecule has 47 heavy (non-hydrogen) atoms. The van der Waals surface area contributed by atoms with Gasteiger partial charge >= 0.3 is 0 Å². The summed E-state index contributed by atoms with van der Waals surface area (Å²) < 4.78 is 0. The van der Waals surface area contributed by atoms with Crippen molar-refractivity contribution in [3.05, 3.63) is 81.4 Å². The molecule has 2 heterocycles. The fourth-order valence-electron chi connectivity index (χ4n) is 7.50. The summed E-state index contributed by atoms with van der Waals surface area (Å²) in [6.07, 6.45) is 8.70. The van der Waals surface area contributed by atoms with Gasteiger partial charge < -0.3 is 5.32 Å². The number of aromatic amines is 1. The molecule has 252 valence electrons. The summed E-state index contributed by atoms with van der Waals surface area (Å²) in [5.74, 6) is 1.33. The van der Waals surface area contributed by atoms with Gasteiger partial charge in [-0.2, -0.15) is 5.10 Å². The number of carbonyl (C=O) groups excluding carboxylic acids is 2. The number of Topliss-reactive ketones (excluding diaryl/α,β-unsaturated/α-hetero) is 1. The van der Waals surface area contributed by atoms with E-state index in [1.54, 1.807) is 6.07 Å². The first-order chi connectivity index (χ1) is 22.1. The number of nitrogens with one attached hydrogen (secondary N) is 2. The molecule has 1 aliphatic heterocycles. The van der Waals surface area contributed by atoms with Gasteiger partial charge in [0.25, 0.3) is 5.91 Å². The van der Waals surface area contributed by atoms with Gasteiger partial charge in [-0.3, -0.25) is 19.7 Å². The van der Waals surface area contributed by atoms with E-state index in [0.29, 0.717) is 45.0 Å². The standard InChI is InChI=1S/C38H49Cl2N5O2/c1-36(2,3)14-13-31(24-7-9-25(10-8-24)35(47)41-22-33-42-23-43-45-33)27-19-32(46)34(26-17-29(39)20-30(40)18-26)44-38(21-27)15-11-28(12-16-38)37(4,5)6/h7-10,17-18,20,23,27-28,31H,11-16,19,21-22H2,1-6H3,(H,41,47)(H,42,43,45). The average molecular weight is 679 g/mol. The minimum atomic E-state index is -0.330. The maximum absolute atomic E-state index is 14.3. The van der Waals surface area contributed by atoms with Crippen molar-refractivity contribution in [2.45, 2.75) is 111 Å². The van der Waals surface area contributed by atoms with Gasteiger partial charge in [0.1, 0.15) is 17.9 Å². The Morgan fingerprint density at radius 2 is 1.68 bits per heavy atom. The van der Waals surface area contributed by atoms with Gasteiger partial charge in [0.15, 0.2) is 5.78 Å². The van der Waals surface area contributed by atoms with Crippen LogP contribution >= 0.6 is 23.2 Å². The maximum atomic E-state index is 14.3. The van der Waals surface area contributed by atoms with Crippen molar-refractivity contribution in [2.24, 2.45) is 27.7 Å². The Balaban J connectivity index is 1.47. The average Bonchev–Trinajstić information content (AvgIpc) is 3.47. The zero-order valence-electron chi connectivity index (χ0n) is 28.6. The molecule has 0 bridgehead atoms. The number of nitrogens with zero attached hydrogens (tertiary/aromatic N) is 3. The lowest BCUT2D eigenvalue weighted by molar-refractivity contribution is -0.113. The number of aliphatic imine (C=N–C) groups is 1. The Labute approximate surface area is 289 Å². The van der Waals surface area contributed by atoms with Crippen molar-refractivity contribution in [1.82, 2.24) is 20.5 Å². The van der Waals surface area contributed by atoms with Gasteiger partial charge in [0.2, 0.25) is 0 Å². The molecule has 0 saturated heterocycles. The van der Waals surface area contributed by atoms with E-state index in [4.69, 9.17) is 28.2 Å². The van der Waals surface area contributed by atoms with Crippen LogP contribution in [-0.4, -0.2) is 38.1 Å². The Kier molecular flexibility index (Phi) is 10.7. The number of benzene rings is 2. The second-order valence-corrected chi connectivity index (χ2v) is 16.9. The van der Waals surface area contributed by atoms with Crippen molar-refractivity contribution in [3.8, 4) is 0 Å². The van der Waals surface area contributed by atoms with E-state index in [1.807, 2.05) is 24.3 Å². The first-order valence-electron chi connectivity index (χ1n) is 16.9. The number of hydrogen-bond acceptors (Lipinski definition) is 5. The van der Waals surface area contributed by atoms with E-state index in [0.717, 1.165) is 50.5 Å². The normalized spacial score (nSPS) is 22.9. The molecular weight excluding hydrogens is 629 g/mol. The minimum Gasteiger partial charge on any atom is -0.345 e. The number of amides is 1. The fourth-order valence-corrected chi connectivity index (χ4v) is 8.03. The lowest BCUT2D eigenvalue weighted by Crippen LogP contribution is -2.38. The summed E-state index contributed by atoms with van der Waals surface area (Å²) in [5.41, 5.74) is 2.99. The molecule has 1 amide bonds. The zero-order valence-corrected chi connectivity index (χ0v) is 30.1. The van der Waals surface area contributed by atoms with Crippen molar-refractivity contribution in [2.75, 3.05) is 0 Å². The van der Waals surface area contributed by atoms with Crippen LogP contribution in [-0.2, 0) is 11.3 Å². The van der Waals surface area contributed by atoms with Gasteiger partial charge in [-0.15, -0.1) is 0 Å². The van der Waals surface area contributed by atoms with E-state index in [9.17, 15) is 9.59 Å². The summed E-state index contributed by atoms with van der Waals surface area (Å²) in [5, 5.41) is 10.5. The highest BCUT2D eigenvalue weighted by atomic mass is 35.5. The minimum absolute atomic E-state index is 0.0484. The molecule has 9 heteroatoms. The first-order valence-corrected chi connectivity index (χ1v) is 17.7. The SMILES string of the molecule is CC(C)(C)CCC(c1ccc(C(=O)NCc2ncn[nH]2)cc1)C1CC(=O)C(c2cc(Cl)cc(Cl)c2)=NC2(CCC(C(C)(C)C)CC2)C1. The second kappa shape index (κ2) is 14.2. The van der Waals surface area contributed by atoms with Crippen LogP contribution < -0.4 is 5.32 Å². The molecule has 1 spiro atoms. The third kappa shape index (κ3) is 9.11. The molecule has 1 aliphatic carbocycles. The molecular formula is C38H49Cl2N5O2. The number of ketones is 1. The van der Waals surface area contributed by atoms with E-state index in [1.165, 1.54) is 6.33 Å². The van der Waals surface area contributed by atoms with Crippen LogP contribution in [0.15, 0.2) is 53.8 Å². The van der Waals surface area contributed by atoms with Crippen LogP contribution in [0, 0.1) is 22.7 Å². The predicted molar refractivity (Wildman–Crippen MR) is 190 cm³/mol. The summed E-state index contributed by atoms with van der Waals surface area (Å²) in [7, 11) is 0. The van der Waals surface area contributed by atoms with Crippen molar-refractivity contribution >= 4 is 40.6 Å². The van der Waals surface area contributed by atoms with E-state index >= 15 is 0 Å². The van der Waals surface area contributed by atoms with E-state index < -0.39 is 0 Å². The molecule has 7 nitrogen and oxygen atoms in total. The monoisotopic (exact) mass is 677 g/mol. The Morgan fingerprint density at radius 3 is 2.26 bits per heavy atom. The van der Waals surface area contributed by atoms with Gasteiger partial charge in [0, 0.05) is 27.6 Å². The van der Waals surface area contributed by atoms with Crippen LogP contribution in [0.2, 0.25) is 10.0 Å². The fraction of sp³-hybridized carbons (Fsp3) is 0.553. The molecule has 5 rings (SSSR count). The van der Waals surface area contributed by atoms with Gasteiger partial charge in [0.05, 0.1) is 12.1 Å². The van der Waals surface area contributed by atoms with Gasteiger partial charge in [-0.25, -0.2) is 4.98 Å². The molecule has 2 aliphatic rings. The van der Waals surface area contributed by atoms with Crippen molar-refractivity contribution in [1.29, 1.82) is 0 Å². The van der Waals surface area contributed by atoms with Crippen LogP contribution in [0.25, 0.3) is 0 Å². The topological polar surface area (TPSA) is 100 Å². The number of aromatic nitrogens is 3. The highest BCUT2D eigenvalue weighted by Crippen LogP contribution is 2.50. The molecule has 1 aromatic heterocycles.